The SMILES string of the molecule is CC(Oc1ccc([N+](=O)[O-])cc1)C(=O)N/N=C/c1ccc(OC(=O)c2ccc(Cl)cc2)cc1. The van der Waals surface area contributed by atoms with Crippen molar-refractivity contribution in [2.75, 3.05) is 0 Å². The van der Waals surface area contributed by atoms with Crippen LogP contribution in [0.2, 0.25) is 5.02 Å². The fourth-order valence-electron chi connectivity index (χ4n) is 2.54. The van der Waals surface area contributed by atoms with Crippen LogP contribution < -0.4 is 14.9 Å². The van der Waals surface area contributed by atoms with Crippen molar-refractivity contribution in [2.24, 2.45) is 5.10 Å². The lowest BCUT2D eigenvalue weighted by Gasteiger charge is -2.12. The molecule has 0 aromatic heterocycles. The summed E-state index contributed by atoms with van der Waals surface area (Å²) in [5, 5.41) is 15.1. The van der Waals surface area contributed by atoms with Crippen molar-refractivity contribution < 1.29 is 24.0 Å². The number of hydrogen-bond acceptors (Lipinski definition) is 7. The van der Waals surface area contributed by atoms with Gasteiger partial charge in [-0.25, -0.2) is 10.2 Å². The molecule has 3 aromatic carbocycles. The molecule has 10 heteroatoms. The number of non-ortho nitro benzene ring substituents is 1. The maximum absolute atomic E-state index is 12.1. The number of ether oxygens (including phenoxy) is 2. The van der Waals surface area contributed by atoms with Gasteiger partial charge in [-0.3, -0.25) is 14.9 Å². The van der Waals surface area contributed by atoms with Gasteiger partial charge in [0, 0.05) is 17.2 Å². The Morgan fingerprint density at radius 1 is 1.00 bits per heavy atom. The van der Waals surface area contributed by atoms with Crippen LogP contribution in [0.3, 0.4) is 0 Å². The summed E-state index contributed by atoms with van der Waals surface area (Å²) < 4.78 is 10.7. The third kappa shape index (κ3) is 6.88. The van der Waals surface area contributed by atoms with Crippen LogP contribution in [0.4, 0.5) is 5.69 Å². The van der Waals surface area contributed by atoms with Gasteiger partial charge in [-0.2, -0.15) is 5.10 Å². The van der Waals surface area contributed by atoms with Gasteiger partial charge in [-0.1, -0.05) is 11.6 Å². The standard InChI is InChI=1S/C23H18ClN3O6/c1-15(32-20-12-8-19(9-13-20)27(30)31)22(28)26-25-14-16-2-10-21(11-3-16)33-23(29)17-4-6-18(24)7-5-17/h2-15H,1H3,(H,26,28)/b25-14+. The van der Waals surface area contributed by atoms with Gasteiger partial charge in [0.1, 0.15) is 11.5 Å². The van der Waals surface area contributed by atoms with E-state index in [-0.39, 0.29) is 5.69 Å². The first-order chi connectivity index (χ1) is 15.8. The van der Waals surface area contributed by atoms with Crippen molar-refractivity contribution in [3.8, 4) is 11.5 Å². The molecule has 0 bridgehead atoms. The fraction of sp³-hybridized carbons (Fsp3) is 0.0870. The maximum Gasteiger partial charge on any atom is 0.343 e. The Morgan fingerprint density at radius 2 is 1.61 bits per heavy atom. The number of benzene rings is 3. The average Bonchev–Trinajstić information content (AvgIpc) is 2.81. The number of hydrazone groups is 1. The molecule has 33 heavy (non-hydrogen) atoms. The van der Waals surface area contributed by atoms with Gasteiger partial charge in [-0.15, -0.1) is 0 Å². The third-order valence-electron chi connectivity index (χ3n) is 4.29. The van der Waals surface area contributed by atoms with Crippen molar-refractivity contribution in [2.45, 2.75) is 13.0 Å². The van der Waals surface area contributed by atoms with Gasteiger partial charge in [0.2, 0.25) is 0 Å². The van der Waals surface area contributed by atoms with Crippen LogP contribution >= 0.6 is 11.6 Å². The highest BCUT2D eigenvalue weighted by Crippen LogP contribution is 2.18. The summed E-state index contributed by atoms with van der Waals surface area (Å²) in [6.07, 6.45) is 0.541. The van der Waals surface area contributed by atoms with Crippen LogP contribution in [0.1, 0.15) is 22.8 Å². The number of carbonyl (C=O) groups is 2. The minimum atomic E-state index is -0.877. The van der Waals surface area contributed by atoms with Gasteiger partial charge in [-0.05, 0) is 73.2 Å². The molecule has 1 unspecified atom stereocenters. The minimum absolute atomic E-state index is 0.0742. The number of nitrogens with one attached hydrogen (secondary N) is 1. The number of amides is 1. The van der Waals surface area contributed by atoms with E-state index in [0.29, 0.717) is 27.6 Å². The number of carbonyl (C=O) groups excluding carboxylic acids is 2. The van der Waals surface area contributed by atoms with Crippen LogP contribution in [0, 0.1) is 10.1 Å². The second-order valence-corrected chi connectivity index (χ2v) is 7.15. The highest BCUT2D eigenvalue weighted by atomic mass is 35.5. The van der Waals surface area contributed by atoms with Gasteiger partial charge in [0.05, 0.1) is 16.7 Å². The number of nitrogens with zero attached hydrogens (tertiary/aromatic N) is 2. The van der Waals surface area contributed by atoms with E-state index < -0.39 is 22.9 Å². The molecular formula is C23H18ClN3O6. The highest BCUT2D eigenvalue weighted by Gasteiger charge is 2.15. The van der Waals surface area contributed by atoms with E-state index in [0.717, 1.165) is 0 Å². The lowest BCUT2D eigenvalue weighted by Crippen LogP contribution is -2.33. The van der Waals surface area contributed by atoms with Crippen molar-refractivity contribution >= 4 is 35.4 Å². The molecular weight excluding hydrogens is 450 g/mol. The molecule has 3 aromatic rings. The molecule has 1 atom stereocenters. The monoisotopic (exact) mass is 467 g/mol. The predicted molar refractivity (Wildman–Crippen MR) is 122 cm³/mol. The van der Waals surface area contributed by atoms with Gasteiger partial charge < -0.3 is 9.47 Å². The molecule has 168 valence electrons. The summed E-state index contributed by atoms with van der Waals surface area (Å²) in [6, 6.07) is 18.2. The van der Waals surface area contributed by atoms with E-state index in [1.54, 1.807) is 48.5 Å². The molecule has 0 heterocycles. The van der Waals surface area contributed by atoms with Crippen LogP contribution in [0.15, 0.2) is 77.9 Å². The fourth-order valence-corrected chi connectivity index (χ4v) is 2.67. The second-order valence-electron chi connectivity index (χ2n) is 6.71. The highest BCUT2D eigenvalue weighted by molar-refractivity contribution is 6.30. The Kier molecular flexibility index (Phi) is 7.72. The first-order valence-electron chi connectivity index (χ1n) is 9.63. The smallest absolute Gasteiger partial charge is 0.343 e. The Morgan fingerprint density at radius 3 is 2.21 bits per heavy atom. The summed E-state index contributed by atoms with van der Waals surface area (Å²) in [7, 11) is 0. The predicted octanol–water partition coefficient (Wildman–Crippen LogP) is 4.39. The molecule has 1 amide bonds. The Labute approximate surface area is 193 Å². The molecule has 0 aliphatic rings. The molecule has 0 fully saturated rings. The number of nitro benzene ring substituents is 1. The average molecular weight is 468 g/mol. The van der Waals surface area contributed by atoms with Crippen molar-refractivity contribution in [3.63, 3.8) is 0 Å². The third-order valence-corrected chi connectivity index (χ3v) is 4.54. The van der Waals surface area contributed by atoms with Crippen LogP contribution in [-0.2, 0) is 4.79 Å². The number of nitro groups is 1. The lowest BCUT2D eigenvalue weighted by molar-refractivity contribution is -0.384. The number of rotatable bonds is 8. The van der Waals surface area contributed by atoms with E-state index in [1.165, 1.54) is 37.4 Å². The first-order valence-corrected chi connectivity index (χ1v) is 10.0. The van der Waals surface area contributed by atoms with E-state index in [4.69, 9.17) is 21.1 Å². The van der Waals surface area contributed by atoms with Crippen LogP contribution in [0.25, 0.3) is 0 Å². The Balaban J connectivity index is 1.49. The zero-order chi connectivity index (χ0) is 23.8. The van der Waals surface area contributed by atoms with E-state index in [1.807, 2.05) is 0 Å². The number of hydrogen-bond donors (Lipinski definition) is 1. The van der Waals surface area contributed by atoms with Gasteiger partial charge in [0.25, 0.3) is 11.6 Å². The topological polar surface area (TPSA) is 120 Å². The van der Waals surface area contributed by atoms with Crippen LogP contribution in [0.5, 0.6) is 11.5 Å². The van der Waals surface area contributed by atoms with Crippen molar-refractivity contribution in [1.82, 2.24) is 5.43 Å². The van der Waals surface area contributed by atoms with Crippen LogP contribution in [-0.4, -0.2) is 29.1 Å². The normalized spacial score (nSPS) is 11.6. The first kappa shape index (κ1) is 23.4. The van der Waals surface area contributed by atoms with Gasteiger partial charge >= 0.3 is 5.97 Å². The molecule has 9 nitrogen and oxygen atoms in total. The van der Waals surface area contributed by atoms with E-state index >= 15 is 0 Å². The molecule has 0 aliphatic heterocycles. The summed E-state index contributed by atoms with van der Waals surface area (Å²) >= 11 is 5.81. The van der Waals surface area contributed by atoms with Crippen molar-refractivity contribution in [1.29, 1.82) is 0 Å². The summed E-state index contributed by atoms with van der Waals surface area (Å²) in [6.45, 7) is 1.52. The minimum Gasteiger partial charge on any atom is -0.481 e. The summed E-state index contributed by atoms with van der Waals surface area (Å²) in [5.41, 5.74) is 3.31. The summed E-state index contributed by atoms with van der Waals surface area (Å²) in [5.74, 6) is -0.349. The molecule has 0 saturated heterocycles. The number of halogens is 1. The zero-order valence-electron chi connectivity index (χ0n) is 17.3. The molecule has 1 N–H and O–H groups in total. The van der Waals surface area contributed by atoms with E-state index in [2.05, 4.69) is 10.5 Å². The molecule has 0 spiro atoms. The van der Waals surface area contributed by atoms with E-state index in [9.17, 15) is 19.7 Å². The molecule has 3 rings (SSSR count). The molecule has 0 saturated carbocycles. The number of esters is 1. The second kappa shape index (κ2) is 10.9. The zero-order valence-corrected chi connectivity index (χ0v) is 18.1. The molecule has 0 aliphatic carbocycles. The molecule has 0 radical (unpaired) electrons. The largest absolute Gasteiger partial charge is 0.481 e. The Hall–Kier alpha value is -4.24. The van der Waals surface area contributed by atoms with Crippen molar-refractivity contribution in [3.05, 3.63) is 99.1 Å². The lowest BCUT2D eigenvalue weighted by atomic mass is 10.2. The van der Waals surface area contributed by atoms with Gasteiger partial charge in [0.15, 0.2) is 6.10 Å². The maximum atomic E-state index is 12.1. The quantitative estimate of drug-likeness (QED) is 0.172. The Bertz CT molecular complexity index is 1160. The summed E-state index contributed by atoms with van der Waals surface area (Å²) in [4.78, 5) is 34.4.